The fourth-order valence-corrected chi connectivity index (χ4v) is 5.79. The molecule has 0 saturated heterocycles. The summed E-state index contributed by atoms with van der Waals surface area (Å²) in [5.41, 5.74) is 0.205. The van der Waals surface area contributed by atoms with Crippen molar-refractivity contribution in [3.8, 4) is 0 Å². The number of hydrogen-bond acceptors (Lipinski definition) is 2. The van der Waals surface area contributed by atoms with Crippen molar-refractivity contribution in [2.45, 2.75) is 114 Å². The molecule has 168 valence electrons. The third kappa shape index (κ3) is 12.4. The molecule has 1 amide bonds. The lowest BCUT2D eigenvalue weighted by Crippen LogP contribution is -2.50. The molecule has 0 fully saturated rings. The van der Waals surface area contributed by atoms with Gasteiger partial charge in [0.2, 0.25) is 5.91 Å². The van der Waals surface area contributed by atoms with E-state index < -0.39 is 0 Å². The Balaban J connectivity index is 5.63. The topological polar surface area (TPSA) is 20.3 Å². The van der Waals surface area contributed by atoms with Gasteiger partial charge in [0.15, 0.2) is 0 Å². The third-order valence-electron chi connectivity index (χ3n) is 4.77. The number of rotatable bonds is 8. The Morgan fingerprint density at radius 1 is 0.786 bits per heavy atom. The first kappa shape index (κ1) is 27.8. The summed E-state index contributed by atoms with van der Waals surface area (Å²) in [5.74, 6) is 0.741. The summed E-state index contributed by atoms with van der Waals surface area (Å²) in [7, 11) is 0. The summed E-state index contributed by atoms with van der Waals surface area (Å²) in [4.78, 5) is 15.8. The molecular weight excluding hydrogens is 362 g/mol. The van der Waals surface area contributed by atoms with Gasteiger partial charge in [-0.05, 0) is 48.3 Å². The first-order valence-corrected chi connectivity index (χ1v) is 11.5. The van der Waals surface area contributed by atoms with Crippen molar-refractivity contribution < 1.29 is 4.79 Å². The van der Waals surface area contributed by atoms with E-state index in [-0.39, 0.29) is 32.3 Å². The Hall–Kier alpha value is -0.180. The van der Waals surface area contributed by atoms with Crippen LogP contribution in [-0.4, -0.2) is 28.6 Å². The SMILES string of the molecule is CC(CN(CC(C)(S)CC(C)(C)C)C(=O)C(C)(C)CC(C)(C)C)CC(C)(C)C. The first-order chi connectivity index (χ1) is 12.0. The average molecular weight is 414 g/mol. The molecular formula is C25H51NOS. The van der Waals surface area contributed by atoms with Crippen LogP contribution in [0.2, 0.25) is 0 Å². The summed E-state index contributed by atoms with van der Waals surface area (Å²) in [5, 5.41) is 0. The van der Waals surface area contributed by atoms with Crippen molar-refractivity contribution >= 4 is 18.5 Å². The van der Waals surface area contributed by atoms with Gasteiger partial charge in [0.05, 0.1) is 0 Å². The van der Waals surface area contributed by atoms with Crippen LogP contribution in [0.15, 0.2) is 0 Å². The van der Waals surface area contributed by atoms with Gasteiger partial charge in [-0.2, -0.15) is 12.6 Å². The van der Waals surface area contributed by atoms with Gasteiger partial charge in [0.25, 0.3) is 0 Å². The third-order valence-corrected chi connectivity index (χ3v) is 5.07. The zero-order valence-electron chi connectivity index (χ0n) is 21.4. The zero-order chi connectivity index (χ0) is 22.8. The van der Waals surface area contributed by atoms with Crippen LogP contribution >= 0.6 is 12.6 Å². The molecule has 3 heteroatoms. The van der Waals surface area contributed by atoms with Gasteiger partial charge in [0.1, 0.15) is 0 Å². The molecule has 0 radical (unpaired) electrons. The van der Waals surface area contributed by atoms with Crippen LogP contribution in [-0.2, 0) is 4.79 Å². The second-order valence-corrected chi connectivity index (χ2v) is 15.0. The quantitative estimate of drug-likeness (QED) is 0.409. The zero-order valence-corrected chi connectivity index (χ0v) is 22.3. The Kier molecular flexibility index (Phi) is 9.25. The van der Waals surface area contributed by atoms with Crippen molar-refractivity contribution in [2.24, 2.45) is 27.6 Å². The van der Waals surface area contributed by atoms with Crippen LogP contribution in [0.4, 0.5) is 0 Å². The fourth-order valence-electron chi connectivity index (χ4n) is 5.14. The number of hydrogen-bond donors (Lipinski definition) is 1. The summed E-state index contributed by atoms with van der Waals surface area (Å²) in [6.45, 7) is 30.4. The summed E-state index contributed by atoms with van der Waals surface area (Å²) in [6.07, 6.45) is 2.96. The minimum Gasteiger partial charge on any atom is -0.341 e. The molecule has 2 unspecified atom stereocenters. The highest BCUT2D eigenvalue weighted by atomic mass is 32.1. The minimum atomic E-state index is -0.370. The predicted molar refractivity (Wildman–Crippen MR) is 129 cm³/mol. The second-order valence-electron chi connectivity index (χ2n) is 13.9. The van der Waals surface area contributed by atoms with E-state index in [1.54, 1.807) is 0 Å². The van der Waals surface area contributed by atoms with Crippen LogP contribution in [0.1, 0.15) is 109 Å². The molecule has 2 nitrogen and oxygen atoms in total. The van der Waals surface area contributed by atoms with Gasteiger partial charge in [-0.15, -0.1) is 0 Å². The lowest BCUT2D eigenvalue weighted by atomic mass is 9.75. The van der Waals surface area contributed by atoms with Gasteiger partial charge in [0, 0.05) is 23.3 Å². The van der Waals surface area contributed by atoms with E-state index >= 15 is 0 Å². The standard InChI is InChI=1S/C25H51NOS/c1-19(14-21(2,3)4)15-26(18-25(13,28)17-23(8,9)10)20(27)24(11,12)16-22(5,6)7/h19,28H,14-18H2,1-13H3. The molecule has 2 atom stereocenters. The van der Waals surface area contributed by atoms with Gasteiger partial charge in [-0.1, -0.05) is 83.1 Å². The summed E-state index contributed by atoms with van der Waals surface area (Å²) in [6, 6.07) is 0. The maximum absolute atomic E-state index is 13.7. The average Bonchev–Trinajstić information content (AvgIpc) is 2.27. The van der Waals surface area contributed by atoms with Gasteiger partial charge in [-0.25, -0.2) is 0 Å². The van der Waals surface area contributed by atoms with E-state index in [1.165, 1.54) is 0 Å². The molecule has 0 aliphatic carbocycles. The fraction of sp³-hybridized carbons (Fsp3) is 0.960. The van der Waals surface area contributed by atoms with Crippen LogP contribution < -0.4 is 0 Å². The van der Waals surface area contributed by atoms with E-state index in [4.69, 9.17) is 12.6 Å². The highest BCUT2D eigenvalue weighted by Gasteiger charge is 2.39. The highest BCUT2D eigenvalue weighted by molar-refractivity contribution is 7.81. The van der Waals surface area contributed by atoms with Crippen molar-refractivity contribution in [1.29, 1.82) is 0 Å². The van der Waals surface area contributed by atoms with E-state index in [0.717, 1.165) is 25.8 Å². The maximum Gasteiger partial charge on any atom is 0.228 e. The molecule has 0 aliphatic rings. The Morgan fingerprint density at radius 3 is 1.57 bits per heavy atom. The highest BCUT2D eigenvalue weighted by Crippen LogP contribution is 2.38. The predicted octanol–water partition coefficient (Wildman–Crippen LogP) is 7.47. The number of thiol groups is 1. The molecule has 0 aromatic rings. The van der Waals surface area contributed by atoms with E-state index in [9.17, 15) is 4.79 Å². The monoisotopic (exact) mass is 413 g/mol. The molecule has 0 N–H and O–H groups in total. The second kappa shape index (κ2) is 9.31. The van der Waals surface area contributed by atoms with Crippen LogP contribution in [0, 0.1) is 27.6 Å². The van der Waals surface area contributed by atoms with Crippen LogP contribution in [0.5, 0.6) is 0 Å². The molecule has 0 heterocycles. The normalized spacial score (nSPS) is 17.2. The van der Waals surface area contributed by atoms with E-state index in [2.05, 4.69) is 94.9 Å². The molecule has 0 spiro atoms. The Labute approximate surface area is 183 Å². The van der Waals surface area contributed by atoms with E-state index in [1.807, 2.05) is 0 Å². The summed E-state index contributed by atoms with van der Waals surface area (Å²) < 4.78 is -0.201. The molecule has 0 bridgehead atoms. The number of amides is 1. The molecule has 0 aromatic carbocycles. The largest absolute Gasteiger partial charge is 0.341 e. The minimum absolute atomic E-state index is 0.123. The van der Waals surface area contributed by atoms with Crippen LogP contribution in [0.25, 0.3) is 0 Å². The smallest absolute Gasteiger partial charge is 0.228 e. The molecule has 0 aromatic heterocycles. The lowest BCUT2D eigenvalue weighted by molar-refractivity contribution is -0.143. The van der Waals surface area contributed by atoms with Gasteiger partial charge < -0.3 is 4.90 Å². The number of nitrogens with zero attached hydrogens (tertiary/aromatic N) is 1. The lowest BCUT2D eigenvalue weighted by Gasteiger charge is -2.42. The molecule has 0 saturated carbocycles. The van der Waals surface area contributed by atoms with Gasteiger partial charge >= 0.3 is 0 Å². The van der Waals surface area contributed by atoms with Crippen molar-refractivity contribution in [2.75, 3.05) is 13.1 Å². The Bertz CT molecular complexity index is 500. The number of carbonyl (C=O) groups is 1. The molecule has 0 rings (SSSR count). The number of carbonyl (C=O) groups excluding carboxylic acids is 1. The first-order valence-electron chi connectivity index (χ1n) is 11.0. The van der Waals surface area contributed by atoms with Crippen molar-refractivity contribution in [1.82, 2.24) is 4.90 Å². The maximum atomic E-state index is 13.7. The molecule has 28 heavy (non-hydrogen) atoms. The van der Waals surface area contributed by atoms with Crippen molar-refractivity contribution in [3.63, 3.8) is 0 Å². The molecule has 0 aliphatic heterocycles. The van der Waals surface area contributed by atoms with Crippen LogP contribution in [0.3, 0.4) is 0 Å². The summed E-state index contributed by atoms with van der Waals surface area (Å²) >= 11 is 5.01. The van der Waals surface area contributed by atoms with E-state index in [0.29, 0.717) is 12.5 Å². The van der Waals surface area contributed by atoms with Gasteiger partial charge in [-0.3, -0.25) is 4.79 Å². The Morgan fingerprint density at radius 2 is 1.21 bits per heavy atom. The van der Waals surface area contributed by atoms with Crippen molar-refractivity contribution in [3.05, 3.63) is 0 Å².